The summed E-state index contributed by atoms with van der Waals surface area (Å²) >= 11 is 0. The van der Waals surface area contributed by atoms with E-state index < -0.39 is 0 Å². The molecule has 1 aromatic rings. The number of aromatic nitrogens is 2. The van der Waals surface area contributed by atoms with Crippen LogP contribution in [0.3, 0.4) is 0 Å². The van der Waals surface area contributed by atoms with Gasteiger partial charge in [0.2, 0.25) is 0 Å². The lowest BCUT2D eigenvalue weighted by Gasteiger charge is -2.10. The van der Waals surface area contributed by atoms with Crippen LogP contribution in [0.25, 0.3) is 0 Å². The zero-order valence-corrected chi connectivity index (χ0v) is 6.53. The van der Waals surface area contributed by atoms with E-state index in [1.807, 2.05) is 6.92 Å². The fourth-order valence-corrected chi connectivity index (χ4v) is 0.609. The average Bonchev–Trinajstić information content (AvgIpc) is 2.06. The van der Waals surface area contributed by atoms with Crippen LogP contribution < -0.4 is 5.32 Å². The molecule has 0 aliphatic rings. The van der Waals surface area contributed by atoms with Crippen molar-refractivity contribution >= 4 is 5.82 Å². The van der Waals surface area contributed by atoms with Crippen LogP contribution in [-0.2, 0) is 4.74 Å². The summed E-state index contributed by atoms with van der Waals surface area (Å²) in [6, 6.07) is 1.76. The second-order valence-electron chi connectivity index (χ2n) is 2.06. The van der Waals surface area contributed by atoms with E-state index >= 15 is 0 Å². The van der Waals surface area contributed by atoms with Gasteiger partial charge in [-0.15, -0.1) is 0 Å². The molecule has 1 radical (unpaired) electrons. The van der Waals surface area contributed by atoms with Crippen LogP contribution >= 0.6 is 0 Å². The molecule has 1 N–H and O–H groups in total. The normalized spacial score (nSPS) is 12.5. The summed E-state index contributed by atoms with van der Waals surface area (Å²) in [5.41, 5.74) is 0. The van der Waals surface area contributed by atoms with Crippen molar-refractivity contribution in [3.05, 3.63) is 18.6 Å². The zero-order valence-electron chi connectivity index (χ0n) is 6.53. The maximum absolute atomic E-state index is 4.97. The van der Waals surface area contributed by atoms with Crippen LogP contribution in [0.1, 0.15) is 6.92 Å². The van der Waals surface area contributed by atoms with Gasteiger partial charge in [-0.2, -0.15) is 0 Å². The monoisotopic (exact) mass is 152 g/mol. The lowest BCUT2D eigenvalue weighted by atomic mass is 10.5. The molecular formula is C7H10N3O. The van der Waals surface area contributed by atoms with E-state index in [2.05, 4.69) is 21.6 Å². The lowest BCUT2D eigenvalue weighted by Crippen LogP contribution is -2.17. The van der Waals surface area contributed by atoms with Crippen LogP contribution in [0.15, 0.2) is 12.3 Å². The van der Waals surface area contributed by atoms with E-state index in [-0.39, 0.29) is 6.23 Å². The Kier molecular flexibility index (Phi) is 2.80. The van der Waals surface area contributed by atoms with Gasteiger partial charge in [0.15, 0.2) is 6.33 Å². The summed E-state index contributed by atoms with van der Waals surface area (Å²) in [7, 11) is 1.63. The molecule has 0 saturated carbocycles. The summed E-state index contributed by atoms with van der Waals surface area (Å²) in [6.07, 6.45) is 4.05. The van der Waals surface area contributed by atoms with E-state index in [0.29, 0.717) is 5.82 Å². The highest BCUT2D eigenvalue weighted by Gasteiger charge is 1.97. The molecule has 0 aliphatic carbocycles. The van der Waals surface area contributed by atoms with Crippen molar-refractivity contribution in [3.8, 4) is 0 Å². The minimum Gasteiger partial charge on any atom is -0.362 e. The van der Waals surface area contributed by atoms with Gasteiger partial charge in [-0.25, -0.2) is 9.97 Å². The number of anilines is 1. The molecule has 4 nitrogen and oxygen atoms in total. The quantitative estimate of drug-likeness (QED) is 0.647. The number of hydrogen-bond donors (Lipinski definition) is 1. The van der Waals surface area contributed by atoms with Crippen LogP contribution in [-0.4, -0.2) is 23.3 Å². The first-order valence-corrected chi connectivity index (χ1v) is 3.31. The first kappa shape index (κ1) is 7.94. The van der Waals surface area contributed by atoms with Gasteiger partial charge in [0.1, 0.15) is 12.0 Å². The molecule has 1 rings (SSSR count). The highest BCUT2D eigenvalue weighted by atomic mass is 16.5. The first-order valence-electron chi connectivity index (χ1n) is 3.31. The van der Waals surface area contributed by atoms with Crippen molar-refractivity contribution in [2.75, 3.05) is 12.4 Å². The summed E-state index contributed by atoms with van der Waals surface area (Å²) < 4.78 is 4.97. The number of hydrogen-bond acceptors (Lipinski definition) is 4. The topological polar surface area (TPSA) is 47.0 Å². The number of nitrogens with one attached hydrogen (secondary N) is 1. The summed E-state index contributed by atoms with van der Waals surface area (Å²) in [4.78, 5) is 7.50. The van der Waals surface area contributed by atoms with E-state index in [1.165, 1.54) is 0 Å². The second kappa shape index (κ2) is 3.88. The number of methoxy groups -OCH3 is 1. The van der Waals surface area contributed by atoms with Crippen LogP contribution in [0.5, 0.6) is 0 Å². The molecule has 59 valence electrons. The molecule has 1 atom stereocenters. The Balaban J connectivity index is 2.51. The smallest absolute Gasteiger partial charge is 0.199 e. The minimum atomic E-state index is -0.0432. The van der Waals surface area contributed by atoms with Crippen molar-refractivity contribution in [1.29, 1.82) is 0 Å². The Bertz CT molecular complexity index is 202. The molecule has 0 fully saturated rings. The Hall–Kier alpha value is -1.16. The predicted octanol–water partition coefficient (Wildman–Crippen LogP) is 0.681. The Morgan fingerprint density at radius 2 is 2.55 bits per heavy atom. The number of rotatable bonds is 3. The highest BCUT2D eigenvalue weighted by Crippen LogP contribution is 2.00. The maximum atomic E-state index is 4.97. The zero-order chi connectivity index (χ0) is 8.10. The van der Waals surface area contributed by atoms with Crippen LogP contribution in [0.4, 0.5) is 5.82 Å². The van der Waals surface area contributed by atoms with Crippen molar-refractivity contribution in [2.45, 2.75) is 13.2 Å². The molecule has 1 aromatic heterocycles. The number of ether oxygens (including phenoxy) is 1. The minimum absolute atomic E-state index is 0.0432. The first-order chi connectivity index (χ1) is 5.33. The van der Waals surface area contributed by atoms with E-state index in [4.69, 9.17) is 4.74 Å². The van der Waals surface area contributed by atoms with Crippen molar-refractivity contribution < 1.29 is 4.74 Å². The van der Waals surface area contributed by atoms with Crippen molar-refractivity contribution in [3.63, 3.8) is 0 Å². The van der Waals surface area contributed by atoms with Gasteiger partial charge in [0.05, 0.1) is 0 Å². The summed E-state index contributed by atoms with van der Waals surface area (Å²) in [5.74, 6) is 0.717. The molecule has 1 heterocycles. The van der Waals surface area contributed by atoms with Crippen molar-refractivity contribution in [2.24, 2.45) is 0 Å². The third-order valence-electron chi connectivity index (χ3n) is 1.24. The molecule has 0 saturated heterocycles. The molecule has 0 amide bonds. The van der Waals surface area contributed by atoms with Gasteiger partial charge in [-0.05, 0) is 13.0 Å². The van der Waals surface area contributed by atoms with E-state index in [1.54, 1.807) is 19.4 Å². The standard InChI is InChI=1S/C7H10N3O/c1-6(11-2)10-7-3-4-8-5-9-7/h3-4,6H,1-2H3,(H,8,9,10). The third-order valence-corrected chi connectivity index (χ3v) is 1.24. The second-order valence-corrected chi connectivity index (χ2v) is 2.06. The molecule has 1 unspecified atom stereocenters. The molecule has 0 aromatic carbocycles. The van der Waals surface area contributed by atoms with Gasteiger partial charge in [-0.3, -0.25) is 0 Å². The predicted molar refractivity (Wildman–Crippen MR) is 41.0 cm³/mol. The van der Waals surface area contributed by atoms with Crippen molar-refractivity contribution in [1.82, 2.24) is 9.97 Å². The average molecular weight is 152 g/mol. The third kappa shape index (κ3) is 2.51. The SMILES string of the molecule is COC(C)Nc1ccn[c]n1. The fourth-order valence-electron chi connectivity index (χ4n) is 0.609. The fraction of sp³-hybridized carbons (Fsp3) is 0.429. The Labute approximate surface area is 65.6 Å². The largest absolute Gasteiger partial charge is 0.362 e. The molecular weight excluding hydrogens is 142 g/mol. The van der Waals surface area contributed by atoms with Gasteiger partial charge in [-0.1, -0.05) is 0 Å². The van der Waals surface area contributed by atoms with Crippen LogP contribution in [0.2, 0.25) is 0 Å². The van der Waals surface area contributed by atoms with Gasteiger partial charge < -0.3 is 10.1 Å². The number of nitrogens with zero attached hydrogens (tertiary/aromatic N) is 2. The Morgan fingerprint density at radius 3 is 3.09 bits per heavy atom. The van der Waals surface area contributed by atoms with E-state index in [9.17, 15) is 0 Å². The highest BCUT2D eigenvalue weighted by molar-refractivity contribution is 5.31. The Morgan fingerprint density at radius 1 is 1.73 bits per heavy atom. The maximum Gasteiger partial charge on any atom is 0.199 e. The molecule has 11 heavy (non-hydrogen) atoms. The summed E-state index contributed by atoms with van der Waals surface area (Å²) in [5, 5.41) is 2.99. The van der Waals surface area contributed by atoms with E-state index in [0.717, 1.165) is 0 Å². The van der Waals surface area contributed by atoms with Gasteiger partial charge in [0, 0.05) is 13.3 Å². The molecule has 4 heteroatoms. The molecule has 0 bridgehead atoms. The van der Waals surface area contributed by atoms with Gasteiger partial charge in [0.25, 0.3) is 0 Å². The molecule has 0 aliphatic heterocycles. The van der Waals surface area contributed by atoms with Gasteiger partial charge >= 0.3 is 0 Å². The summed E-state index contributed by atoms with van der Waals surface area (Å²) in [6.45, 7) is 1.89. The lowest BCUT2D eigenvalue weighted by molar-refractivity contribution is 0.140. The van der Waals surface area contributed by atoms with Crippen LogP contribution in [0, 0.1) is 6.33 Å². The molecule has 0 spiro atoms.